The van der Waals surface area contributed by atoms with Gasteiger partial charge in [-0.1, -0.05) is 19.0 Å². The summed E-state index contributed by atoms with van der Waals surface area (Å²) in [6.07, 6.45) is -0.138. The molecule has 0 saturated carbocycles. The molecule has 8 nitrogen and oxygen atoms in total. The van der Waals surface area contributed by atoms with E-state index in [2.05, 4.69) is 19.0 Å². The molecule has 1 atom stereocenters. The van der Waals surface area contributed by atoms with E-state index in [1.165, 1.54) is 0 Å². The van der Waals surface area contributed by atoms with Gasteiger partial charge in [0.15, 0.2) is 0 Å². The molecule has 0 radical (unpaired) electrons. The summed E-state index contributed by atoms with van der Waals surface area (Å²) in [6.45, 7) is 10.9. The van der Waals surface area contributed by atoms with Crippen molar-refractivity contribution in [2.24, 2.45) is 5.92 Å². The number of nitrogens with zero attached hydrogens (tertiary/aromatic N) is 3. The molecular formula is C21H31N3O5. The molecule has 2 aromatic heterocycles. The molecular weight excluding hydrogens is 374 g/mol. The van der Waals surface area contributed by atoms with E-state index in [9.17, 15) is 9.90 Å². The summed E-state index contributed by atoms with van der Waals surface area (Å²) in [5.74, 6) is 2.48. The fourth-order valence-electron chi connectivity index (χ4n) is 3.61. The first-order valence-electron chi connectivity index (χ1n) is 10.1. The highest BCUT2D eigenvalue weighted by Gasteiger charge is 2.29. The second-order valence-corrected chi connectivity index (χ2v) is 8.12. The molecule has 29 heavy (non-hydrogen) atoms. The van der Waals surface area contributed by atoms with Crippen molar-refractivity contribution in [2.75, 3.05) is 26.2 Å². The van der Waals surface area contributed by atoms with E-state index in [4.69, 9.17) is 13.7 Å². The highest BCUT2D eigenvalue weighted by atomic mass is 16.5. The van der Waals surface area contributed by atoms with Gasteiger partial charge in [0, 0.05) is 25.2 Å². The average molecular weight is 405 g/mol. The van der Waals surface area contributed by atoms with Gasteiger partial charge in [0.25, 0.3) is 0 Å². The molecule has 1 aliphatic rings. The largest absolute Gasteiger partial charge is 0.462 e. The van der Waals surface area contributed by atoms with Crippen molar-refractivity contribution < 1.29 is 23.6 Å². The van der Waals surface area contributed by atoms with Gasteiger partial charge >= 0.3 is 0 Å². The number of aromatic nitrogens is 1. The van der Waals surface area contributed by atoms with Gasteiger partial charge in [0.05, 0.1) is 31.5 Å². The summed E-state index contributed by atoms with van der Waals surface area (Å²) in [5.41, 5.74) is 1.79. The number of carbonyl (C=O) groups excluding carboxylic acids is 1. The minimum absolute atomic E-state index is 0.0936. The summed E-state index contributed by atoms with van der Waals surface area (Å²) in [6, 6.07) is 3.60. The Morgan fingerprint density at radius 3 is 2.66 bits per heavy atom. The van der Waals surface area contributed by atoms with Crippen molar-refractivity contribution in [2.45, 2.75) is 53.6 Å². The number of ether oxygens (including phenoxy) is 1. The molecule has 0 aromatic carbocycles. The van der Waals surface area contributed by atoms with Gasteiger partial charge in [-0.25, -0.2) is 0 Å². The minimum atomic E-state index is -0.138. The number of hydrogen-bond donors (Lipinski definition) is 1. The summed E-state index contributed by atoms with van der Waals surface area (Å²) in [4.78, 5) is 16.8. The number of aryl methyl sites for hydroxylation is 2. The Hall–Kier alpha value is -2.16. The third kappa shape index (κ3) is 5.68. The predicted molar refractivity (Wildman–Crippen MR) is 106 cm³/mol. The zero-order valence-corrected chi connectivity index (χ0v) is 17.7. The van der Waals surface area contributed by atoms with Crippen LogP contribution in [0.3, 0.4) is 0 Å². The molecule has 0 spiro atoms. The number of aliphatic hydroxyl groups is 1. The number of rotatable bonds is 8. The van der Waals surface area contributed by atoms with Crippen LogP contribution >= 0.6 is 0 Å². The van der Waals surface area contributed by atoms with E-state index in [-0.39, 0.29) is 18.6 Å². The molecule has 8 heteroatoms. The van der Waals surface area contributed by atoms with Gasteiger partial charge in [-0.3, -0.25) is 9.69 Å². The maximum absolute atomic E-state index is 12.8. The summed E-state index contributed by atoms with van der Waals surface area (Å²) in [7, 11) is 0. The molecule has 1 amide bonds. The molecule has 3 rings (SSSR count). The molecule has 2 aromatic rings. The highest BCUT2D eigenvalue weighted by Crippen LogP contribution is 2.19. The number of aliphatic hydroxyl groups excluding tert-OH is 1. The van der Waals surface area contributed by atoms with E-state index in [1.54, 1.807) is 6.07 Å². The molecule has 0 aliphatic carbocycles. The van der Waals surface area contributed by atoms with Crippen LogP contribution in [0.1, 0.15) is 42.4 Å². The Morgan fingerprint density at radius 2 is 2.03 bits per heavy atom. The quantitative estimate of drug-likeness (QED) is 0.720. The van der Waals surface area contributed by atoms with Crippen LogP contribution in [0.2, 0.25) is 0 Å². The average Bonchev–Trinajstić information content (AvgIpc) is 3.20. The van der Waals surface area contributed by atoms with Crippen molar-refractivity contribution in [3.63, 3.8) is 0 Å². The van der Waals surface area contributed by atoms with Gasteiger partial charge in [0.2, 0.25) is 5.91 Å². The van der Waals surface area contributed by atoms with Gasteiger partial charge in [-0.15, -0.1) is 0 Å². The molecule has 1 N–H and O–H groups in total. The van der Waals surface area contributed by atoms with Crippen molar-refractivity contribution in [1.82, 2.24) is 15.0 Å². The molecule has 1 aliphatic heterocycles. The summed E-state index contributed by atoms with van der Waals surface area (Å²) in [5, 5.41) is 13.2. The van der Waals surface area contributed by atoms with Crippen molar-refractivity contribution in [3.8, 4) is 0 Å². The Labute approximate surface area is 171 Å². The second kappa shape index (κ2) is 9.56. The number of furan rings is 1. The number of hydrogen-bond acceptors (Lipinski definition) is 7. The van der Waals surface area contributed by atoms with Gasteiger partial charge < -0.3 is 23.7 Å². The van der Waals surface area contributed by atoms with Crippen LogP contribution < -0.4 is 0 Å². The maximum atomic E-state index is 12.8. The van der Waals surface area contributed by atoms with Crippen LogP contribution in [-0.2, 0) is 29.3 Å². The lowest BCUT2D eigenvalue weighted by atomic mass is 10.2. The second-order valence-electron chi connectivity index (χ2n) is 8.12. The number of carbonyl (C=O) groups is 1. The van der Waals surface area contributed by atoms with Crippen LogP contribution in [0.25, 0.3) is 0 Å². The lowest BCUT2D eigenvalue weighted by Crippen LogP contribution is -2.40. The lowest BCUT2D eigenvalue weighted by Gasteiger charge is -2.26. The van der Waals surface area contributed by atoms with Crippen LogP contribution in [0.4, 0.5) is 0 Å². The number of amides is 1. The van der Waals surface area contributed by atoms with Gasteiger partial charge in [-0.2, -0.15) is 0 Å². The van der Waals surface area contributed by atoms with E-state index < -0.39 is 0 Å². The third-order valence-electron chi connectivity index (χ3n) is 5.08. The van der Waals surface area contributed by atoms with E-state index in [0.717, 1.165) is 22.8 Å². The fraction of sp³-hybridized carbons (Fsp3) is 0.619. The third-order valence-corrected chi connectivity index (χ3v) is 5.08. The maximum Gasteiger partial charge on any atom is 0.236 e. The summed E-state index contributed by atoms with van der Waals surface area (Å²) < 4.78 is 17.1. The zero-order chi connectivity index (χ0) is 21.0. The molecule has 0 unspecified atom stereocenters. The fourth-order valence-corrected chi connectivity index (χ4v) is 3.61. The molecule has 1 fully saturated rings. The van der Waals surface area contributed by atoms with Crippen molar-refractivity contribution >= 4 is 5.91 Å². The van der Waals surface area contributed by atoms with E-state index >= 15 is 0 Å². The monoisotopic (exact) mass is 405 g/mol. The normalized spacial score (nSPS) is 18.6. The standard InChI is InChI=1S/C21H31N3O5/c1-14(2)7-24-10-19(27-13-20-15(3)22-29-16(20)4)9-23(11-21(24)26)8-17-5-6-18(12-25)28-17/h5-6,14,19,25H,7-13H2,1-4H3/t19-/m0/s1. The summed E-state index contributed by atoms with van der Waals surface area (Å²) >= 11 is 0. The Morgan fingerprint density at radius 1 is 1.28 bits per heavy atom. The van der Waals surface area contributed by atoms with Gasteiger partial charge in [-0.05, 0) is 31.9 Å². The molecule has 160 valence electrons. The topological polar surface area (TPSA) is 92.2 Å². The van der Waals surface area contributed by atoms with Crippen LogP contribution in [0.5, 0.6) is 0 Å². The molecule has 3 heterocycles. The van der Waals surface area contributed by atoms with Crippen LogP contribution in [-0.4, -0.2) is 58.3 Å². The Bertz CT molecular complexity index is 794. The van der Waals surface area contributed by atoms with Crippen LogP contribution in [0.15, 0.2) is 21.1 Å². The molecule has 1 saturated heterocycles. The van der Waals surface area contributed by atoms with Crippen molar-refractivity contribution in [3.05, 3.63) is 40.7 Å². The van der Waals surface area contributed by atoms with E-state index in [1.807, 2.05) is 29.7 Å². The Kier molecular flexibility index (Phi) is 7.10. The first-order chi connectivity index (χ1) is 13.9. The SMILES string of the molecule is Cc1noc(C)c1CO[C@H]1CN(Cc2ccc(CO)o2)CC(=O)N(CC(C)C)C1. The van der Waals surface area contributed by atoms with Crippen LogP contribution in [0, 0.1) is 19.8 Å². The lowest BCUT2D eigenvalue weighted by molar-refractivity contribution is -0.132. The first kappa shape index (κ1) is 21.5. The Balaban J connectivity index is 1.71. The predicted octanol–water partition coefficient (Wildman–Crippen LogP) is 2.26. The van der Waals surface area contributed by atoms with E-state index in [0.29, 0.717) is 51.0 Å². The highest BCUT2D eigenvalue weighted by molar-refractivity contribution is 5.78. The zero-order valence-electron chi connectivity index (χ0n) is 17.7. The minimum Gasteiger partial charge on any atom is -0.462 e. The first-order valence-corrected chi connectivity index (χ1v) is 10.1. The van der Waals surface area contributed by atoms with Gasteiger partial charge in [0.1, 0.15) is 23.9 Å². The smallest absolute Gasteiger partial charge is 0.236 e. The van der Waals surface area contributed by atoms with Crippen molar-refractivity contribution in [1.29, 1.82) is 0 Å². The molecule has 0 bridgehead atoms.